The number of rotatable bonds is 3. The van der Waals surface area contributed by atoms with Crippen molar-refractivity contribution in [2.75, 3.05) is 19.6 Å². The van der Waals surface area contributed by atoms with Crippen LogP contribution in [0.4, 0.5) is 0 Å². The van der Waals surface area contributed by atoms with Gasteiger partial charge in [0.25, 0.3) is 0 Å². The van der Waals surface area contributed by atoms with E-state index in [9.17, 15) is 4.79 Å². The van der Waals surface area contributed by atoms with E-state index in [4.69, 9.17) is 0 Å². The zero-order valence-electron chi connectivity index (χ0n) is 9.38. The van der Waals surface area contributed by atoms with Crippen molar-refractivity contribution in [2.45, 2.75) is 26.7 Å². The molecule has 0 radical (unpaired) electrons. The lowest BCUT2D eigenvalue weighted by Gasteiger charge is -2.12. The summed E-state index contributed by atoms with van der Waals surface area (Å²) in [6.45, 7) is 6.89. The van der Waals surface area contributed by atoms with Crippen LogP contribution in [0.2, 0.25) is 0 Å². The number of carbonyl (C=O) groups is 1. The average Bonchev–Trinajstić information content (AvgIpc) is 2.75. The van der Waals surface area contributed by atoms with Gasteiger partial charge in [0.15, 0.2) is 5.78 Å². The van der Waals surface area contributed by atoms with Gasteiger partial charge in [0.2, 0.25) is 0 Å². The second kappa shape index (κ2) is 4.45. The Kier molecular flexibility index (Phi) is 3.22. The summed E-state index contributed by atoms with van der Waals surface area (Å²) in [5, 5.41) is 0. The van der Waals surface area contributed by atoms with Gasteiger partial charge in [-0.1, -0.05) is 0 Å². The normalized spacial score (nSPS) is 17.2. The molecule has 0 spiro atoms. The molecule has 0 atom stereocenters. The van der Waals surface area contributed by atoms with E-state index < -0.39 is 0 Å². The largest absolute Gasteiger partial charge is 0.296 e. The first-order valence-electron chi connectivity index (χ1n) is 5.49. The van der Waals surface area contributed by atoms with Gasteiger partial charge in [0.1, 0.15) is 0 Å². The van der Waals surface area contributed by atoms with Crippen LogP contribution in [0, 0.1) is 13.8 Å². The zero-order chi connectivity index (χ0) is 10.8. The molecule has 1 aliphatic heterocycles. The third kappa shape index (κ3) is 2.47. The van der Waals surface area contributed by atoms with Crippen molar-refractivity contribution in [3.8, 4) is 0 Å². The van der Waals surface area contributed by atoms with Crippen molar-refractivity contribution < 1.29 is 4.79 Å². The third-order valence-electron chi connectivity index (χ3n) is 2.91. The lowest BCUT2D eigenvalue weighted by Crippen LogP contribution is -2.26. The van der Waals surface area contributed by atoms with E-state index in [1.54, 1.807) is 11.3 Å². The Morgan fingerprint density at radius 1 is 1.40 bits per heavy atom. The summed E-state index contributed by atoms with van der Waals surface area (Å²) in [6, 6.07) is 2.03. The van der Waals surface area contributed by atoms with E-state index in [1.165, 1.54) is 17.7 Å². The van der Waals surface area contributed by atoms with E-state index >= 15 is 0 Å². The van der Waals surface area contributed by atoms with E-state index in [0.29, 0.717) is 12.3 Å². The Morgan fingerprint density at radius 2 is 2.07 bits per heavy atom. The summed E-state index contributed by atoms with van der Waals surface area (Å²) in [5.74, 6) is 0.291. The summed E-state index contributed by atoms with van der Waals surface area (Å²) in [4.78, 5) is 16.7. The lowest BCUT2D eigenvalue weighted by molar-refractivity contribution is 0.0945. The van der Waals surface area contributed by atoms with E-state index in [1.807, 2.05) is 13.0 Å². The minimum absolute atomic E-state index is 0.291. The molecular weight excluding hydrogens is 206 g/mol. The number of ketones is 1. The van der Waals surface area contributed by atoms with Crippen molar-refractivity contribution in [3.05, 3.63) is 21.4 Å². The van der Waals surface area contributed by atoms with E-state index in [-0.39, 0.29) is 0 Å². The van der Waals surface area contributed by atoms with Crippen molar-refractivity contribution in [1.29, 1.82) is 0 Å². The van der Waals surface area contributed by atoms with Gasteiger partial charge >= 0.3 is 0 Å². The topological polar surface area (TPSA) is 20.3 Å². The second-order valence-electron chi connectivity index (χ2n) is 4.23. The molecule has 0 amide bonds. The fourth-order valence-electron chi connectivity index (χ4n) is 2.14. The predicted octanol–water partition coefficient (Wildman–Crippen LogP) is 2.64. The second-order valence-corrected chi connectivity index (χ2v) is 5.69. The van der Waals surface area contributed by atoms with Crippen LogP contribution in [-0.4, -0.2) is 30.3 Å². The highest BCUT2D eigenvalue weighted by Gasteiger charge is 2.18. The van der Waals surface area contributed by atoms with Crippen molar-refractivity contribution in [3.63, 3.8) is 0 Å². The Balaban J connectivity index is 2.03. The number of thiophene rings is 1. The number of carbonyl (C=O) groups excluding carboxylic acids is 1. The molecule has 1 fully saturated rings. The van der Waals surface area contributed by atoms with E-state index in [2.05, 4.69) is 11.8 Å². The highest BCUT2D eigenvalue weighted by molar-refractivity contribution is 7.12. The summed E-state index contributed by atoms with van der Waals surface area (Å²) in [7, 11) is 0. The summed E-state index contributed by atoms with van der Waals surface area (Å²) >= 11 is 1.72. The molecule has 0 aliphatic carbocycles. The molecule has 1 aromatic rings. The van der Waals surface area contributed by atoms with Crippen LogP contribution in [-0.2, 0) is 0 Å². The molecule has 1 saturated heterocycles. The number of hydrogen-bond donors (Lipinski definition) is 0. The number of nitrogens with zero attached hydrogens (tertiary/aromatic N) is 1. The molecule has 0 N–H and O–H groups in total. The maximum atomic E-state index is 12.0. The Morgan fingerprint density at radius 3 is 2.60 bits per heavy atom. The first-order valence-corrected chi connectivity index (χ1v) is 6.31. The number of likely N-dealkylation sites (tertiary alicyclic amines) is 1. The van der Waals surface area contributed by atoms with E-state index in [0.717, 1.165) is 23.5 Å². The monoisotopic (exact) mass is 223 g/mol. The van der Waals surface area contributed by atoms with Crippen molar-refractivity contribution in [2.24, 2.45) is 0 Å². The summed E-state index contributed by atoms with van der Waals surface area (Å²) in [5.41, 5.74) is 0.935. The van der Waals surface area contributed by atoms with Crippen molar-refractivity contribution >= 4 is 17.1 Å². The van der Waals surface area contributed by atoms with Gasteiger partial charge in [-0.05, 0) is 45.8 Å². The molecule has 0 unspecified atom stereocenters. The lowest BCUT2D eigenvalue weighted by atomic mass is 10.1. The summed E-state index contributed by atoms with van der Waals surface area (Å²) in [6.07, 6.45) is 2.49. The van der Waals surface area contributed by atoms with Gasteiger partial charge < -0.3 is 0 Å². The Labute approximate surface area is 94.9 Å². The van der Waals surface area contributed by atoms with Gasteiger partial charge in [-0.15, -0.1) is 11.3 Å². The fourth-order valence-corrected chi connectivity index (χ4v) is 3.08. The number of hydrogen-bond acceptors (Lipinski definition) is 3. The average molecular weight is 223 g/mol. The summed E-state index contributed by atoms with van der Waals surface area (Å²) < 4.78 is 0. The van der Waals surface area contributed by atoms with Gasteiger partial charge in [0, 0.05) is 15.3 Å². The number of aryl methyl sites for hydroxylation is 2. The fraction of sp³-hybridized carbons (Fsp3) is 0.583. The maximum Gasteiger partial charge on any atom is 0.177 e. The van der Waals surface area contributed by atoms with Crippen LogP contribution in [0.25, 0.3) is 0 Å². The quantitative estimate of drug-likeness (QED) is 0.734. The standard InChI is InChI=1S/C12H17NOS/c1-9-7-11(10(2)15-9)12(14)8-13-5-3-4-6-13/h7H,3-6,8H2,1-2H3. The molecule has 3 heteroatoms. The molecule has 0 saturated carbocycles. The molecule has 82 valence electrons. The zero-order valence-corrected chi connectivity index (χ0v) is 10.2. The first kappa shape index (κ1) is 10.8. The molecule has 0 bridgehead atoms. The van der Waals surface area contributed by atoms with Crippen LogP contribution in [0.3, 0.4) is 0 Å². The van der Waals surface area contributed by atoms with Gasteiger partial charge in [0.05, 0.1) is 6.54 Å². The molecule has 1 aliphatic rings. The molecule has 0 aromatic carbocycles. The van der Waals surface area contributed by atoms with Gasteiger partial charge in [-0.3, -0.25) is 9.69 Å². The molecule has 2 rings (SSSR count). The van der Waals surface area contributed by atoms with Gasteiger partial charge in [-0.25, -0.2) is 0 Å². The number of Topliss-reactive ketones (excluding diaryl/α,β-unsaturated/α-hetero) is 1. The molecule has 2 heterocycles. The third-order valence-corrected chi connectivity index (χ3v) is 3.87. The smallest absolute Gasteiger partial charge is 0.177 e. The van der Waals surface area contributed by atoms with Crippen LogP contribution in [0.5, 0.6) is 0 Å². The maximum absolute atomic E-state index is 12.0. The van der Waals surface area contributed by atoms with Crippen LogP contribution >= 0.6 is 11.3 Å². The highest BCUT2D eigenvalue weighted by atomic mass is 32.1. The minimum Gasteiger partial charge on any atom is -0.296 e. The Bertz CT molecular complexity index is 364. The first-order chi connectivity index (χ1) is 7.16. The van der Waals surface area contributed by atoms with Gasteiger partial charge in [-0.2, -0.15) is 0 Å². The van der Waals surface area contributed by atoms with Crippen LogP contribution < -0.4 is 0 Å². The molecule has 2 nitrogen and oxygen atoms in total. The molecule has 1 aromatic heterocycles. The van der Waals surface area contributed by atoms with Crippen molar-refractivity contribution in [1.82, 2.24) is 4.90 Å². The molecular formula is C12H17NOS. The Hall–Kier alpha value is -0.670. The molecule has 15 heavy (non-hydrogen) atoms. The minimum atomic E-state index is 0.291. The van der Waals surface area contributed by atoms with Crippen LogP contribution in [0.15, 0.2) is 6.07 Å². The van der Waals surface area contributed by atoms with Crippen LogP contribution in [0.1, 0.15) is 33.0 Å². The predicted molar refractivity (Wildman–Crippen MR) is 63.8 cm³/mol. The SMILES string of the molecule is Cc1cc(C(=O)CN2CCCC2)c(C)s1. The highest BCUT2D eigenvalue weighted by Crippen LogP contribution is 2.21.